The first-order valence-electron chi connectivity index (χ1n) is 3.30. The molecule has 1 aromatic rings. The summed E-state index contributed by atoms with van der Waals surface area (Å²) in [5.41, 5.74) is 0. The lowest BCUT2D eigenvalue weighted by atomic mass is 10.3. The average Bonchev–Trinajstić information content (AvgIpc) is 2.12. The van der Waals surface area contributed by atoms with Gasteiger partial charge in [-0.3, -0.25) is 0 Å². The zero-order valence-corrected chi connectivity index (χ0v) is 9.45. The Morgan fingerprint density at radius 3 is 2.62 bits per heavy atom. The molecule has 0 N–H and O–H groups in total. The maximum absolute atomic E-state index is 8.31. The zero-order chi connectivity index (χ0) is 9.84. The molecule has 68 valence electrons. The first-order valence-corrected chi connectivity index (χ1v) is 4.85. The third-order valence-electron chi connectivity index (χ3n) is 1.28. The van der Waals surface area contributed by atoms with Gasteiger partial charge in [0.1, 0.15) is 6.07 Å². The second-order valence-electron chi connectivity index (χ2n) is 2.12. The Bertz CT molecular complexity index is 362. The summed E-state index contributed by atoms with van der Waals surface area (Å²) in [7, 11) is 0. The number of halogens is 3. The van der Waals surface area contributed by atoms with Gasteiger partial charge in [0.15, 0.2) is 12.4 Å². The summed E-state index contributed by atoms with van der Waals surface area (Å²) in [6.07, 6.45) is 0. The van der Waals surface area contributed by atoms with E-state index in [1.807, 2.05) is 6.07 Å². The van der Waals surface area contributed by atoms with Crippen molar-refractivity contribution in [2.75, 3.05) is 6.61 Å². The summed E-state index contributed by atoms with van der Waals surface area (Å²) >= 11 is 14.8. The molecule has 0 aromatic heterocycles. The maximum Gasteiger partial charge on any atom is 0.174 e. The molecule has 5 heteroatoms. The van der Waals surface area contributed by atoms with Crippen molar-refractivity contribution in [1.29, 1.82) is 5.26 Å². The van der Waals surface area contributed by atoms with Crippen molar-refractivity contribution in [2.45, 2.75) is 0 Å². The number of ether oxygens (including phenoxy) is 1. The number of nitrogens with zero attached hydrogens (tertiary/aromatic N) is 1. The molecule has 1 rings (SSSR count). The molecule has 0 aliphatic carbocycles. The number of benzene rings is 1. The highest BCUT2D eigenvalue weighted by Gasteiger charge is 2.09. The molecular formula is C8H4BrCl2NO. The minimum atomic E-state index is -0.0569. The third-order valence-corrected chi connectivity index (χ3v) is 2.91. The van der Waals surface area contributed by atoms with Crippen LogP contribution in [0.15, 0.2) is 16.6 Å². The smallest absolute Gasteiger partial charge is 0.174 e. The van der Waals surface area contributed by atoms with Crippen molar-refractivity contribution < 1.29 is 4.74 Å². The van der Waals surface area contributed by atoms with Crippen LogP contribution in [0.3, 0.4) is 0 Å². The summed E-state index contributed by atoms with van der Waals surface area (Å²) in [5.74, 6) is 0.399. The van der Waals surface area contributed by atoms with E-state index in [0.717, 1.165) is 0 Å². The van der Waals surface area contributed by atoms with E-state index in [-0.39, 0.29) is 6.61 Å². The zero-order valence-electron chi connectivity index (χ0n) is 6.35. The molecule has 13 heavy (non-hydrogen) atoms. The highest BCUT2D eigenvalue weighted by Crippen LogP contribution is 2.38. The molecule has 0 saturated heterocycles. The molecule has 0 aliphatic heterocycles. The fraction of sp³-hybridized carbons (Fsp3) is 0.125. The maximum atomic E-state index is 8.31. The Hall–Kier alpha value is -0.430. The predicted molar refractivity (Wildman–Crippen MR) is 55.3 cm³/mol. The first kappa shape index (κ1) is 10.6. The van der Waals surface area contributed by atoms with Crippen LogP contribution in [-0.4, -0.2) is 6.61 Å². The number of hydrogen-bond acceptors (Lipinski definition) is 2. The Morgan fingerprint density at radius 2 is 2.00 bits per heavy atom. The van der Waals surface area contributed by atoms with Gasteiger partial charge in [0.25, 0.3) is 0 Å². The topological polar surface area (TPSA) is 33.0 Å². The number of rotatable bonds is 2. The minimum absolute atomic E-state index is 0.0569. The van der Waals surface area contributed by atoms with Crippen LogP contribution in [-0.2, 0) is 0 Å². The largest absolute Gasteiger partial charge is 0.476 e. The van der Waals surface area contributed by atoms with Gasteiger partial charge in [0.05, 0.1) is 14.5 Å². The molecule has 0 spiro atoms. The summed E-state index contributed by atoms with van der Waals surface area (Å²) in [5, 5.41) is 9.23. The second kappa shape index (κ2) is 4.71. The highest BCUT2D eigenvalue weighted by atomic mass is 79.9. The minimum Gasteiger partial charge on any atom is -0.476 e. The Labute approximate surface area is 94.1 Å². The van der Waals surface area contributed by atoms with E-state index in [0.29, 0.717) is 20.3 Å². The Kier molecular flexibility index (Phi) is 3.86. The quantitative estimate of drug-likeness (QED) is 0.775. The van der Waals surface area contributed by atoms with Crippen molar-refractivity contribution in [3.05, 3.63) is 26.7 Å². The lowest BCUT2D eigenvalue weighted by molar-refractivity contribution is 0.366. The number of hydrogen-bond donors (Lipinski definition) is 0. The summed E-state index contributed by atoms with van der Waals surface area (Å²) in [6, 6.07) is 5.10. The fourth-order valence-corrected chi connectivity index (χ4v) is 1.68. The van der Waals surface area contributed by atoms with E-state index in [4.69, 9.17) is 33.2 Å². The second-order valence-corrected chi connectivity index (χ2v) is 3.73. The first-order chi connectivity index (χ1) is 6.16. The van der Waals surface area contributed by atoms with Gasteiger partial charge in [-0.15, -0.1) is 0 Å². The molecule has 0 atom stereocenters. The summed E-state index contributed by atoms with van der Waals surface area (Å²) in [6.45, 7) is -0.0569. The van der Waals surface area contributed by atoms with Crippen molar-refractivity contribution in [3.8, 4) is 11.8 Å². The molecule has 1 aromatic carbocycles. The van der Waals surface area contributed by atoms with Gasteiger partial charge in [-0.25, -0.2) is 0 Å². The molecule has 0 saturated carbocycles. The van der Waals surface area contributed by atoms with Crippen LogP contribution in [0.2, 0.25) is 10.0 Å². The van der Waals surface area contributed by atoms with E-state index >= 15 is 0 Å². The molecule has 0 amide bonds. The van der Waals surface area contributed by atoms with Crippen LogP contribution in [0.5, 0.6) is 5.75 Å². The molecule has 0 fully saturated rings. The molecule has 0 radical (unpaired) electrons. The molecular weight excluding hydrogens is 277 g/mol. The van der Waals surface area contributed by atoms with Crippen LogP contribution < -0.4 is 4.74 Å². The normalized spacial score (nSPS) is 9.38. The van der Waals surface area contributed by atoms with E-state index in [9.17, 15) is 0 Å². The van der Waals surface area contributed by atoms with Gasteiger partial charge >= 0.3 is 0 Å². The summed E-state index contributed by atoms with van der Waals surface area (Å²) < 4.78 is 5.64. The molecule has 0 bridgehead atoms. The fourth-order valence-electron chi connectivity index (χ4n) is 0.745. The number of nitriles is 1. The van der Waals surface area contributed by atoms with E-state index in [1.54, 1.807) is 12.1 Å². The van der Waals surface area contributed by atoms with Gasteiger partial charge in [0, 0.05) is 0 Å². The van der Waals surface area contributed by atoms with Crippen LogP contribution in [0.4, 0.5) is 0 Å². The lowest BCUT2D eigenvalue weighted by Gasteiger charge is -2.07. The van der Waals surface area contributed by atoms with Gasteiger partial charge in [0.2, 0.25) is 0 Å². The predicted octanol–water partition coefficient (Wildman–Crippen LogP) is 3.66. The van der Waals surface area contributed by atoms with Crippen LogP contribution in [0.1, 0.15) is 0 Å². The molecule has 0 heterocycles. The monoisotopic (exact) mass is 279 g/mol. The van der Waals surface area contributed by atoms with Gasteiger partial charge in [-0.2, -0.15) is 5.26 Å². The van der Waals surface area contributed by atoms with Crippen molar-refractivity contribution in [3.63, 3.8) is 0 Å². The van der Waals surface area contributed by atoms with Crippen LogP contribution in [0.25, 0.3) is 0 Å². The van der Waals surface area contributed by atoms with Crippen molar-refractivity contribution in [1.82, 2.24) is 0 Å². The molecule has 2 nitrogen and oxygen atoms in total. The van der Waals surface area contributed by atoms with Crippen molar-refractivity contribution >= 4 is 39.1 Å². The molecule has 0 aliphatic rings. The van der Waals surface area contributed by atoms with Crippen LogP contribution >= 0.6 is 39.1 Å². The van der Waals surface area contributed by atoms with E-state index in [1.165, 1.54) is 0 Å². The van der Waals surface area contributed by atoms with E-state index in [2.05, 4.69) is 15.9 Å². The van der Waals surface area contributed by atoms with Crippen LogP contribution in [0, 0.1) is 11.3 Å². The third kappa shape index (κ3) is 2.50. The van der Waals surface area contributed by atoms with Crippen molar-refractivity contribution in [2.24, 2.45) is 0 Å². The Balaban J connectivity index is 3.04. The van der Waals surface area contributed by atoms with Gasteiger partial charge < -0.3 is 4.74 Å². The lowest BCUT2D eigenvalue weighted by Crippen LogP contribution is -1.95. The Morgan fingerprint density at radius 1 is 1.38 bits per heavy atom. The summed E-state index contributed by atoms with van der Waals surface area (Å²) in [4.78, 5) is 0. The SMILES string of the molecule is N#CCOc1c(Cl)ccc(Cl)c1Br. The highest BCUT2D eigenvalue weighted by molar-refractivity contribution is 9.10. The molecule has 0 unspecified atom stereocenters. The average molecular weight is 281 g/mol. The van der Waals surface area contributed by atoms with Gasteiger partial charge in [-0.05, 0) is 28.1 Å². The van der Waals surface area contributed by atoms with E-state index < -0.39 is 0 Å². The standard InChI is InChI=1S/C8H4BrCl2NO/c9-7-5(10)1-2-6(11)8(7)13-4-3-12/h1-2H,4H2. The van der Waals surface area contributed by atoms with Gasteiger partial charge in [-0.1, -0.05) is 23.2 Å².